The van der Waals surface area contributed by atoms with Crippen molar-refractivity contribution in [1.29, 1.82) is 0 Å². The average Bonchev–Trinajstić information content (AvgIpc) is 2.95. The summed E-state index contributed by atoms with van der Waals surface area (Å²) in [6.07, 6.45) is 0.848. The number of halogens is 1. The van der Waals surface area contributed by atoms with Crippen molar-refractivity contribution in [3.63, 3.8) is 0 Å². The lowest BCUT2D eigenvalue weighted by atomic mass is 10.0. The van der Waals surface area contributed by atoms with Crippen LogP contribution < -0.4 is 4.74 Å². The number of hydrogen-bond acceptors (Lipinski definition) is 4. The molecule has 3 rings (SSSR count). The van der Waals surface area contributed by atoms with Crippen LogP contribution in [0.3, 0.4) is 0 Å². The Labute approximate surface area is 130 Å². The van der Waals surface area contributed by atoms with E-state index in [-0.39, 0.29) is 11.9 Å². The maximum absolute atomic E-state index is 12.5. The van der Waals surface area contributed by atoms with Crippen molar-refractivity contribution in [3.05, 3.63) is 28.3 Å². The van der Waals surface area contributed by atoms with Gasteiger partial charge in [-0.15, -0.1) is 0 Å². The van der Waals surface area contributed by atoms with Crippen LogP contribution in [0.1, 0.15) is 18.1 Å². The fraction of sp³-hybridized carbons (Fsp3) is 0.562. The molecule has 0 radical (unpaired) electrons. The van der Waals surface area contributed by atoms with Gasteiger partial charge in [0.05, 0.1) is 13.2 Å². The summed E-state index contributed by atoms with van der Waals surface area (Å²) in [4.78, 5) is 14.7. The molecule has 114 valence electrons. The van der Waals surface area contributed by atoms with Gasteiger partial charge in [-0.05, 0) is 24.2 Å². The van der Waals surface area contributed by atoms with Gasteiger partial charge in [-0.25, -0.2) is 0 Å². The Hall–Kier alpha value is -1.10. The molecule has 2 aliphatic rings. The summed E-state index contributed by atoms with van der Waals surface area (Å²) in [6, 6.07) is 3.76. The second-order valence-corrected chi connectivity index (χ2v) is 5.98. The number of ketones is 1. The zero-order chi connectivity index (χ0) is 14.8. The molecule has 1 unspecified atom stereocenters. The number of nitrogens with zero attached hydrogens (tertiary/aromatic N) is 1. The molecule has 2 aliphatic heterocycles. The molecule has 0 saturated carbocycles. The van der Waals surface area contributed by atoms with Gasteiger partial charge >= 0.3 is 0 Å². The highest BCUT2D eigenvalue weighted by molar-refractivity contribution is 6.30. The number of likely N-dealkylation sites (N-methyl/N-ethyl adjacent to an activating group) is 1. The second-order valence-electron chi connectivity index (χ2n) is 5.55. The fourth-order valence-corrected chi connectivity index (χ4v) is 3.23. The minimum atomic E-state index is -0.338. The highest BCUT2D eigenvalue weighted by atomic mass is 35.5. The van der Waals surface area contributed by atoms with Crippen molar-refractivity contribution in [2.45, 2.75) is 25.9 Å². The van der Waals surface area contributed by atoms with Gasteiger partial charge in [-0.1, -0.05) is 18.5 Å². The number of rotatable bonds is 4. The summed E-state index contributed by atoms with van der Waals surface area (Å²) in [7, 11) is 0. The van der Waals surface area contributed by atoms with Gasteiger partial charge in [0.25, 0.3) is 0 Å². The van der Waals surface area contributed by atoms with Gasteiger partial charge in [0.1, 0.15) is 11.9 Å². The van der Waals surface area contributed by atoms with Gasteiger partial charge in [0, 0.05) is 36.5 Å². The molecule has 0 aromatic heterocycles. The number of morpholine rings is 1. The second kappa shape index (κ2) is 6.34. The van der Waals surface area contributed by atoms with E-state index in [0.717, 1.165) is 36.4 Å². The highest BCUT2D eigenvalue weighted by Crippen LogP contribution is 2.33. The zero-order valence-electron chi connectivity index (χ0n) is 12.2. The molecular weight excluding hydrogens is 290 g/mol. The first kappa shape index (κ1) is 14.8. The summed E-state index contributed by atoms with van der Waals surface area (Å²) < 4.78 is 11.3. The molecule has 1 fully saturated rings. The van der Waals surface area contributed by atoms with E-state index >= 15 is 0 Å². The third-order valence-corrected chi connectivity index (χ3v) is 4.37. The molecule has 0 spiro atoms. The normalized spacial score (nSPS) is 21.9. The monoisotopic (exact) mass is 309 g/mol. The van der Waals surface area contributed by atoms with Crippen molar-refractivity contribution in [1.82, 2.24) is 4.90 Å². The minimum absolute atomic E-state index is 0.105. The molecule has 2 heterocycles. The third kappa shape index (κ3) is 3.23. The molecule has 0 amide bonds. The summed E-state index contributed by atoms with van der Waals surface area (Å²) in [5.41, 5.74) is 1.99. The number of Topliss-reactive ketones (excluding diaryl/α,β-unsaturated/α-hetero) is 1. The lowest BCUT2D eigenvalue weighted by molar-refractivity contribution is -0.135. The Kier molecular flexibility index (Phi) is 4.48. The van der Waals surface area contributed by atoms with Gasteiger partial charge in [-0.3, -0.25) is 9.69 Å². The van der Waals surface area contributed by atoms with Gasteiger partial charge in [-0.2, -0.15) is 0 Å². The number of hydrogen-bond donors (Lipinski definition) is 0. The largest absolute Gasteiger partial charge is 0.493 e. The van der Waals surface area contributed by atoms with Crippen LogP contribution in [0.5, 0.6) is 5.75 Å². The van der Waals surface area contributed by atoms with E-state index in [9.17, 15) is 4.79 Å². The van der Waals surface area contributed by atoms with Crippen molar-refractivity contribution >= 4 is 17.4 Å². The standard InChI is InChI=1S/C16H20ClNO3/c1-2-18-4-6-20-15(10-18)14(19)9-12-8-13(17)7-11-3-5-21-16(11)12/h7-8,15H,2-6,9-10H2,1H3. The Balaban J connectivity index is 1.73. The van der Waals surface area contributed by atoms with Gasteiger partial charge in [0.2, 0.25) is 0 Å². The van der Waals surface area contributed by atoms with Crippen molar-refractivity contribution in [3.8, 4) is 5.75 Å². The zero-order valence-corrected chi connectivity index (χ0v) is 13.0. The smallest absolute Gasteiger partial charge is 0.167 e. The van der Waals surface area contributed by atoms with Gasteiger partial charge in [0.15, 0.2) is 5.78 Å². The van der Waals surface area contributed by atoms with E-state index in [4.69, 9.17) is 21.1 Å². The molecule has 0 aliphatic carbocycles. The molecule has 0 bridgehead atoms. The Morgan fingerprint density at radius 2 is 2.29 bits per heavy atom. The average molecular weight is 310 g/mol. The Morgan fingerprint density at radius 3 is 3.10 bits per heavy atom. The van der Waals surface area contributed by atoms with E-state index in [2.05, 4.69) is 11.8 Å². The minimum Gasteiger partial charge on any atom is -0.493 e. The number of carbonyl (C=O) groups is 1. The van der Waals surface area contributed by atoms with E-state index in [1.165, 1.54) is 0 Å². The first-order valence-corrected chi connectivity index (χ1v) is 7.86. The Morgan fingerprint density at radius 1 is 1.43 bits per heavy atom. The first-order chi connectivity index (χ1) is 10.2. The topological polar surface area (TPSA) is 38.8 Å². The van der Waals surface area contributed by atoms with Gasteiger partial charge < -0.3 is 9.47 Å². The van der Waals surface area contributed by atoms with Crippen LogP contribution in [0.4, 0.5) is 0 Å². The molecule has 4 nitrogen and oxygen atoms in total. The van der Waals surface area contributed by atoms with E-state index in [0.29, 0.717) is 31.2 Å². The highest BCUT2D eigenvalue weighted by Gasteiger charge is 2.27. The predicted molar refractivity (Wildman–Crippen MR) is 81.2 cm³/mol. The van der Waals surface area contributed by atoms with E-state index < -0.39 is 0 Å². The summed E-state index contributed by atoms with van der Waals surface area (Å²) in [5, 5.41) is 0.668. The maximum Gasteiger partial charge on any atom is 0.167 e. The number of carbonyl (C=O) groups excluding carboxylic acids is 1. The molecule has 5 heteroatoms. The molecule has 1 atom stereocenters. The molecule has 1 saturated heterocycles. The van der Waals surface area contributed by atoms with Crippen LogP contribution in [-0.2, 0) is 22.4 Å². The molecular formula is C16H20ClNO3. The number of benzene rings is 1. The fourth-order valence-electron chi connectivity index (χ4n) is 2.96. The van der Waals surface area contributed by atoms with Crippen LogP contribution in [0.25, 0.3) is 0 Å². The van der Waals surface area contributed by atoms with Crippen molar-refractivity contribution < 1.29 is 14.3 Å². The summed E-state index contributed by atoms with van der Waals surface area (Å²) in [5.74, 6) is 0.948. The quantitative estimate of drug-likeness (QED) is 0.854. The maximum atomic E-state index is 12.5. The molecule has 21 heavy (non-hydrogen) atoms. The molecule has 1 aromatic carbocycles. The Bertz CT molecular complexity index is 547. The van der Waals surface area contributed by atoms with E-state index in [1.54, 1.807) is 0 Å². The SMILES string of the molecule is CCN1CCOC(C(=O)Cc2cc(Cl)cc3c2OCC3)C1. The summed E-state index contributed by atoms with van der Waals surface area (Å²) >= 11 is 6.14. The molecule has 0 N–H and O–H groups in total. The van der Waals surface area contributed by atoms with Crippen LogP contribution in [0, 0.1) is 0 Å². The number of ether oxygens (including phenoxy) is 2. The van der Waals surface area contributed by atoms with E-state index in [1.807, 2.05) is 12.1 Å². The van der Waals surface area contributed by atoms with Crippen LogP contribution in [0.2, 0.25) is 5.02 Å². The first-order valence-electron chi connectivity index (χ1n) is 7.48. The van der Waals surface area contributed by atoms with Crippen molar-refractivity contribution in [2.75, 3.05) is 32.8 Å². The summed E-state index contributed by atoms with van der Waals surface area (Å²) in [6.45, 7) is 5.91. The third-order valence-electron chi connectivity index (χ3n) is 4.15. The lowest BCUT2D eigenvalue weighted by Gasteiger charge is -2.31. The van der Waals surface area contributed by atoms with Crippen molar-refractivity contribution in [2.24, 2.45) is 0 Å². The van der Waals surface area contributed by atoms with Crippen LogP contribution >= 0.6 is 11.6 Å². The molecule has 1 aromatic rings. The van der Waals surface area contributed by atoms with Crippen LogP contribution in [0.15, 0.2) is 12.1 Å². The number of fused-ring (bicyclic) bond motifs is 1. The van der Waals surface area contributed by atoms with Crippen LogP contribution in [-0.4, -0.2) is 49.6 Å². The predicted octanol–water partition coefficient (Wildman–Crippen LogP) is 2.11. The lowest BCUT2D eigenvalue weighted by Crippen LogP contribution is -2.46.